The second kappa shape index (κ2) is 12.1. The van der Waals surface area contributed by atoms with E-state index < -0.39 is 22.6 Å². The van der Waals surface area contributed by atoms with Crippen molar-refractivity contribution in [1.82, 2.24) is 4.90 Å². The Balaban J connectivity index is 1.45. The number of likely N-dealkylation sites (tertiary alicyclic amines) is 1. The number of nitrogens with one attached hydrogen (secondary N) is 2. The van der Waals surface area contributed by atoms with Crippen molar-refractivity contribution >= 4 is 40.9 Å². The first-order valence-corrected chi connectivity index (χ1v) is 15.6. The number of ether oxygens (including phenoxy) is 1. The number of benzene rings is 2. The van der Waals surface area contributed by atoms with Gasteiger partial charge in [-0.15, -0.1) is 11.8 Å². The number of carbonyl (C=O) groups is 3. The fraction of sp³-hybridized carbons (Fsp3) is 0.531. The maximum Gasteiger partial charge on any atom is 0.248 e. The quantitative estimate of drug-likeness (QED) is 0.331. The number of hydrogen-bond acceptors (Lipinski definition) is 6. The molecule has 220 valence electrons. The van der Waals surface area contributed by atoms with Gasteiger partial charge >= 0.3 is 0 Å². The van der Waals surface area contributed by atoms with E-state index in [0.717, 1.165) is 35.4 Å². The molecule has 8 nitrogen and oxygen atoms in total. The van der Waals surface area contributed by atoms with Gasteiger partial charge in [0.25, 0.3) is 0 Å². The van der Waals surface area contributed by atoms with E-state index in [4.69, 9.17) is 4.74 Å². The van der Waals surface area contributed by atoms with Crippen LogP contribution in [0.2, 0.25) is 0 Å². The van der Waals surface area contributed by atoms with Gasteiger partial charge in [-0.2, -0.15) is 0 Å². The molecule has 3 saturated heterocycles. The lowest BCUT2D eigenvalue weighted by Crippen LogP contribution is -2.55. The van der Waals surface area contributed by atoms with Crippen LogP contribution >= 0.6 is 11.8 Å². The van der Waals surface area contributed by atoms with Crippen molar-refractivity contribution in [3.05, 3.63) is 53.6 Å². The third-order valence-corrected chi connectivity index (χ3v) is 11.1. The largest absolute Gasteiger partial charge is 0.494 e. The monoisotopic (exact) mass is 579 g/mol. The number of rotatable bonds is 11. The average Bonchev–Trinajstić information content (AvgIpc) is 3.53. The van der Waals surface area contributed by atoms with Crippen molar-refractivity contribution in [1.29, 1.82) is 0 Å². The lowest BCUT2D eigenvalue weighted by molar-refractivity contribution is -0.138. The molecule has 2 bridgehead atoms. The van der Waals surface area contributed by atoms with Crippen LogP contribution in [-0.4, -0.2) is 63.5 Å². The first-order valence-electron chi connectivity index (χ1n) is 14.7. The molecule has 2 aromatic carbocycles. The van der Waals surface area contributed by atoms with E-state index in [9.17, 15) is 19.5 Å². The first-order chi connectivity index (χ1) is 19.7. The Morgan fingerprint density at radius 3 is 2.41 bits per heavy atom. The molecular formula is C32H41N3O5S. The Morgan fingerprint density at radius 2 is 1.76 bits per heavy atom. The summed E-state index contributed by atoms with van der Waals surface area (Å²) in [6, 6.07) is 12.5. The van der Waals surface area contributed by atoms with Crippen LogP contribution in [0.4, 0.5) is 11.4 Å². The molecule has 6 atom stereocenters. The molecule has 0 aromatic heterocycles. The topological polar surface area (TPSA) is 108 Å². The first kappa shape index (κ1) is 29.5. The number of fused-ring (bicyclic) bond motifs is 1. The van der Waals surface area contributed by atoms with Gasteiger partial charge in [-0.05, 0) is 87.8 Å². The number of aliphatic hydroxyl groups excluding tert-OH is 1. The second-order valence-corrected chi connectivity index (χ2v) is 13.1. The highest BCUT2D eigenvalue weighted by Crippen LogP contribution is 2.68. The minimum absolute atomic E-state index is 0.0336. The van der Waals surface area contributed by atoms with Crippen molar-refractivity contribution in [3.8, 4) is 5.75 Å². The molecule has 3 unspecified atom stereocenters. The van der Waals surface area contributed by atoms with Gasteiger partial charge in [0, 0.05) is 29.8 Å². The number of carbonyl (C=O) groups excluding carboxylic acids is 3. The van der Waals surface area contributed by atoms with Crippen molar-refractivity contribution in [2.45, 2.75) is 69.4 Å². The lowest BCUT2D eigenvalue weighted by Gasteiger charge is -2.38. The zero-order valence-electron chi connectivity index (χ0n) is 24.3. The van der Waals surface area contributed by atoms with E-state index in [0.29, 0.717) is 31.7 Å². The van der Waals surface area contributed by atoms with Crippen LogP contribution in [0.15, 0.2) is 42.5 Å². The second-order valence-electron chi connectivity index (χ2n) is 11.6. The van der Waals surface area contributed by atoms with Crippen molar-refractivity contribution in [2.24, 2.45) is 17.8 Å². The van der Waals surface area contributed by atoms with Crippen LogP contribution < -0.4 is 15.4 Å². The molecule has 3 aliphatic heterocycles. The number of para-hydroxylation sites is 1. The van der Waals surface area contributed by atoms with Crippen LogP contribution in [0, 0.1) is 31.6 Å². The van der Waals surface area contributed by atoms with Crippen molar-refractivity contribution < 1.29 is 24.2 Å². The molecule has 1 spiro atoms. The lowest BCUT2D eigenvalue weighted by atomic mass is 9.66. The Morgan fingerprint density at radius 1 is 1.05 bits per heavy atom. The Labute approximate surface area is 246 Å². The maximum atomic E-state index is 14.3. The predicted molar refractivity (Wildman–Crippen MR) is 162 cm³/mol. The Bertz CT molecular complexity index is 1280. The fourth-order valence-electron chi connectivity index (χ4n) is 7.16. The van der Waals surface area contributed by atoms with Crippen molar-refractivity contribution in [2.75, 3.05) is 30.4 Å². The summed E-state index contributed by atoms with van der Waals surface area (Å²) in [5.74, 6) is -0.734. The van der Waals surface area contributed by atoms with Gasteiger partial charge < -0.3 is 25.4 Å². The fourth-order valence-corrected chi connectivity index (χ4v) is 9.58. The molecule has 3 heterocycles. The molecule has 9 heteroatoms. The van der Waals surface area contributed by atoms with Crippen LogP contribution in [0.25, 0.3) is 0 Å². The number of unbranched alkanes of at least 4 members (excludes halogenated alkanes) is 2. The highest BCUT2D eigenvalue weighted by Gasteiger charge is 2.75. The molecule has 2 aromatic rings. The Hall–Kier alpha value is -3.04. The summed E-state index contributed by atoms with van der Waals surface area (Å²) >= 11 is 1.68. The molecule has 5 rings (SSSR count). The van der Waals surface area contributed by atoms with Gasteiger partial charge in [0.2, 0.25) is 17.7 Å². The Kier molecular flexibility index (Phi) is 8.66. The third kappa shape index (κ3) is 5.23. The summed E-state index contributed by atoms with van der Waals surface area (Å²) in [5, 5.41) is 15.5. The number of anilines is 2. The van der Waals surface area contributed by atoms with E-state index in [1.807, 2.05) is 63.2 Å². The normalized spacial score (nSPS) is 28.1. The number of amides is 3. The third-order valence-electron chi connectivity index (χ3n) is 9.02. The molecule has 3 aliphatic rings. The summed E-state index contributed by atoms with van der Waals surface area (Å²) in [6.07, 6.45) is 2.88. The van der Waals surface area contributed by atoms with Gasteiger partial charge in [0.15, 0.2) is 0 Å². The van der Waals surface area contributed by atoms with Gasteiger partial charge in [-0.1, -0.05) is 25.1 Å². The van der Waals surface area contributed by atoms with Crippen LogP contribution in [0.3, 0.4) is 0 Å². The van der Waals surface area contributed by atoms with Crippen LogP contribution in [-0.2, 0) is 14.4 Å². The molecule has 41 heavy (non-hydrogen) atoms. The molecule has 0 saturated carbocycles. The minimum Gasteiger partial charge on any atom is -0.494 e. The number of aryl methyl sites for hydroxylation is 2. The standard InChI is InChI=1S/C32H41N3O5S/c1-5-40-23-14-12-22(13-15-23)33-29(37)25-24-18-21(4)32(41-24)26(25)31(39)35(16-7-6-8-17-36)28(32)30(38)34-27-19(2)10-9-11-20(27)3/h9-15,21,24-26,28,36H,5-8,16-18H2,1-4H3,(H,33,37)(H,34,38)/t21?,24-,25+,26+,28?,32?/m1/s1. The highest BCUT2D eigenvalue weighted by atomic mass is 32.2. The van der Waals surface area contributed by atoms with Crippen molar-refractivity contribution in [3.63, 3.8) is 0 Å². The summed E-state index contributed by atoms with van der Waals surface area (Å²) in [5.41, 5.74) is 3.37. The van der Waals surface area contributed by atoms with E-state index in [-0.39, 0.29) is 35.5 Å². The van der Waals surface area contributed by atoms with Gasteiger partial charge in [0.1, 0.15) is 11.8 Å². The number of thioether (sulfide) groups is 1. The number of hydrogen-bond donors (Lipinski definition) is 3. The van der Waals surface area contributed by atoms with Crippen LogP contribution in [0.1, 0.15) is 50.7 Å². The van der Waals surface area contributed by atoms with Gasteiger partial charge in [-0.3, -0.25) is 14.4 Å². The zero-order chi connectivity index (χ0) is 29.3. The minimum atomic E-state index is -0.680. The zero-order valence-corrected chi connectivity index (χ0v) is 25.1. The van der Waals surface area contributed by atoms with Gasteiger partial charge in [0.05, 0.1) is 23.2 Å². The maximum absolute atomic E-state index is 14.3. The number of nitrogens with zero attached hydrogens (tertiary/aromatic N) is 1. The smallest absolute Gasteiger partial charge is 0.248 e. The summed E-state index contributed by atoms with van der Waals surface area (Å²) < 4.78 is 4.84. The SMILES string of the molecule is CCOc1ccc(NC(=O)[C@@H]2[C@H]3C(=O)N(CCCCCO)C(C(=O)Nc4c(C)cccc4C)C34S[C@@H]2CC4C)cc1. The van der Waals surface area contributed by atoms with E-state index in [2.05, 4.69) is 17.6 Å². The molecule has 3 fully saturated rings. The van der Waals surface area contributed by atoms with Gasteiger partial charge in [-0.25, -0.2) is 0 Å². The molecule has 3 amide bonds. The summed E-state index contributed by atoms with van der Waals surface area (Å²) in [6.45, 7) is 9.07. The molecular weight excluding hydrogens is 538 g/mol. The molecule has 0 radical (unpaired) electrons. The summed E-state index contributed by atoms with van der Waals surface area (Å²) in [4.78, 5) is 44.0. The summed E-state index contributed by atoms with van der Waals surface area (Å²) in [7, 11) is 0. The number of aliphatic hydroxyl groups is 1. The van der Waals surface area contributed by atoms with E-state index in [1.165, 1.54) is 0 Å². The molecule has 0 aliphatic carbocycles. The predicted octanol–water partition coefficient (Wildman–Crippen LogP) is 4.78. The van der Waals surface area contributed by atoms with Crippen LogP contribution in [0.5, 0.6) is 5.75 Å². The van der Waals surface area contributed by atoms with E-state index >= 15 is 0 Å². The van der Waals surface area contributed by atoms with E-state index in [1.54, 1.807) is 16.7 Å². The average molecular weight is 580 g/mol. The highest BCUT2D eigenvalue weighted by molar-refractivity contribution is 8.02. The molecule has 3 N–H and O–H groups in total.